The SMILES string of the molecule is Oc1ccccc1-c1nc2c(-c3ccc4c5ccccc5n(-c5ccccn5)c4c3)cccc2n1-c1ccccc1. The van der Waals surface area contributed by atoms with Gasteiger partial charge in [0.15, 0.2) is 0 Å². The molecule has 0 fully saturated rings. The second kappa shape index (κ2) is 9.21. The van der Waals surface area contributed by atoms with Gasteiger partial charge in [0.25, 0.3) is 0 Å². The zero-order valence-corrected chi connectivity index (χ0v) is 22.0. The van der Waals surface area contributed by atoms with Crippen LogP contribution in [0.5, 0.6) is 5.75 Å². The number of rotatable bonds is 4. The summed E-state index contributed by atoms with van der Waals surface area (Å²) in [6.45, 7) is 0. The average Bonchev–Trinajstić information content (AvgIpc) is 3.58. The molecule has 194 valence electrons. The summed E-state index contributed by atoms with van der Waals surface area (Å²) in [6, 6.07) is 44.9. The van der Waals surface area contributed by atoms with Crippen molar-refractivity contribution in [1.82, 2.24) is 19.1 Å². The molecule has 3 aromatic heterocycles. The van der Waals surface area contributed by atoms with Crippen molar-refractivity contribution in [3.63, 3.8) is 0 Å². The van der Waals surface area contributed by atoms with Crippen LogP contribution in [0, 0.1) is 0 Å². The van der Waals surface area contributed by atoms with Gasteiger partial charge in [-0.2, -0.15) is 0 Å². The number of aromatic hydroxyl groups is 1. The molecule has 0 unspecified atom stereocenters. The molecule has 0 aliphatic carbocycles. The Morgan fingerprint density at radius 2 is 1.27 bits per heavy atom. The van der Waals surface area contributed by atoms with Crippen LogP contribution in [0.2, 0.25) is 0 Å². The van der Waals surface area contributed by atoms with Gasteiger partial charge in [0.1, 0.15) is 17.4 Å². The highest BCUT2D eigenvalue weighted by atomic mass is 16.3. The minimum atomic E-state index is 0.197. The van der Waals surface area contributed by atoms with Crippen LogP contribution in [0.4, 0.5) is 0 Å². The molecule has 3 heterocycles. The van der Waals surface area contributed by atoms with Gasteiger partial charge in [-0.25, -0.2) is 9.97 Å². The highest BCUT2D eigenvalue weighted by molar-refractivity contribution is 6.10. The zero-order valence-electron chi connectivity index (χ0n) is 22.0. The number of hydrogen-bond acceptors (Lipinski definition) is 3. The van der Waals surface area contributed by atoms with Crippen molar-refractivity contribution in [2.75, 3.05) is 0 Å². The lowest BCUT2D eigenvalue weighted by Gasteiger charge is -2.11. The Kier molecular flexibility index (Phi) is 5.22. The quantitative estimate of drug-likeness (QED) is 0.249. The van der Waals surface area contributed by atoms with Crippen LogP contribution in [0.25, 0.3) is 66.9 Å². The van der Waals surface area contributed by atoms with Crippen molar-refractivity contribution in [3.8, 4) is 39.8 Å². The number of hydrogen-bond donors (Lipinski definition) is 1. The number of pyridine rings is 1. The Bertz CT molecular complexity index is 2210. The number of aromatic nitrogens is 4. The Hall–Kier alpha value is -5.68. The topological polar surface area (TPSA) is 55.9 Å². The molecule has 0 aliphatic heterocycles. The summed E-state index contributed by atoms with van der Waals surface area (Å²) < 4.78 is 4.35. The number of imidazole rings is 1. The van der Waals surface area contributed by atoms with Crippen LogP contribution in [0.1, 0.15) is 0 Å². The summed E-state index contributed by atoms with van der Waals surface area (Å²) in [4.78, 5) is 9.87. The molecule has 0 bridgehead atoms. The molecule has 5 heteroatoms. The van der Waals surface area contributed by atoms with E-state index < -0.39 is 0 Å². The summed E-state index contributed by atoms with van der Waals surface area (Å²) in [5, 5.41) is 13.2. The molecule has 1 N–H and O–H groups in total. The molecule has 5 nitrogen and oxygen atoms in total. The van der Waals surface area contributed by atoms with E-state index in [1.807, 2.05) is 60.8 Å². The van der Waals surface area contributed by atoms with Crippen LogP contribution >= 0.6 is 0 Å². The lowest BCUT2D eigenvalue weighted by Crippen LogP contribution is -1.97. The van der Waals surface area contributed by atoms with Gasteiger partial charge in [-0.15, -0.1) is 0 Å². The van der Waals surface area contributed by atoms with Crippen molar-refractivity contribution in [2.45, 2.75) is 0 Å². The summed E-state index contributed by atoms with van der Waals surface area (Å²) in [6.07, 6.45) is 1.83. The molecule has 5 aromatic carbocycles. The number of para-hydroxylation sites is 4. The normalized spacial score (nSPS) is 11.5. The van der Waals surface area contributed by atoms with Crippen molar-refractivity contribution < 1.29 is 5.11 Å². The van der Waals surface area contributed by atoms with E-state index in [0.29, 0.717) is 11.4 Å². The number of nitrogens with zero attached hydrogens (tertiary/aromatic N) is 4. The fraction of sp³-hybridized carbons (Fsp3) is 0. The first kappa shape index (κ1) is 23.2. The predicted molar refractivity (Wildman–Crippen MR) is 166 cm³/mol. The zero-order chi connectivity index (χ0) is 27.3. The summed E-state index contributed by atoms with van der Waals surface area (Å²) in [5.74, 6) is 1.77. The minimum Gasteiger partial charge on any atom is -0.507 e. The molecule has 0 amide bonds. The molecule has 41 heavy (non-hydrogen) atoms. The van der Waals surface area contributed by atoms with E-state index in [0.717, 1.165) is 44.7 Å². The first-order valence-electron chi connectivity index (χ1n) is 13.6. The first-order valence-corrected chi connectivity index (χ1v) is 13.6. The van der Waals surface area contributed by atoms with E-state index in [1.54, 1.807) is 6.07 Å². The molecule has 0 aliphatic rings. The summed E-state index contributed by atoms with van der Waals surface area (Å²) in [7, 11) is 0. The van der Waals surface area contributed by atoms with E-state index >= 15 is 0 Å². The monoisotopic (exact) mass is 528 g/mol. The standard InChI is InChI=1S/C36H24N4O/c41-33-18-7-5-14-29(33)36-38-35-26(15-10-17-31(35)39(36)25-11-2-1-3-12-25)24-20-21-28-27-13-4-6-16-30(27)40(32(28)23-24)34-19-8-9-22-37-34/h1-23,41H. The third-order valence-corrected chi connectivity index (χ3v) is 7.71. The van der Waals surface area contributed by atoms with Crippen molar-refractivity contribution in [2.24, 2.45) is 0 Å². The number of benzene rings is 5. The molecule has 0 atom stereocenters. The van der Waals surface area contributed by atoms with Crippen molar-refractivity contribution >= 4 is 32.8 Å². The van der Waals surface area contributed by atoms with Crippen molar-refractivity contribution in [3.05, 3.63) is 140 Å². The van der Waals surface area contributed by atoms with Gasteiger partial charge in [0, 0.05) is 28.2 Å². The maximum absolute atomic E-state index is 10.8. The van der Waals surface area contributed by atoms with Gasteiger partial charge in [-0.05, 0) is 60.2 Å². The largest absolute Gasteiger partial charge is 0.507 e. The minimum absolute atomic E-state index is 0.197. The van der Waals surface area contributed by atoms with Crippen LogP contribution in [-0.2, 0) is 0 Å². The Labute approximate surface area is 236 Å². The van der Waals surface area contributed by atoms with Gasteiger partial charge < -0.3 is 5.11 Å². The van der Waals surface area contributed by atoms with Crippen LogP contribution in [0.15, 0.2) is 140 Å². The molecule has 0 spiro atoms. The summed E-state index contributed by atoms with van der Waals surface area (Å²) >= 11 is 0. The van der Waals surface area contributed by atoms with Gasteiger partial charge in [-0.1, -0.05) is 78.9 Å². The molecular weight excluding hydrogens is 504 g/mol. The Morgan fingerprint density at radius 1 is 0.537 bits per heavy atom. The van der Waals surface area contributed by atoms with Crippen LogP contribution in [0.3, 0.4) is 0 Å². The average molecular weight is 529 g/mol. The molecule has 0 saturated carbocycles. The van der Waals surface area contributed by atoms with Gasteiger partial charge in [-0.3, -0.25) is 9.13 Å². The molecule has 0 saturated heterocycles. The van der Waals surface area contributed by atoms with E-state index in [4.69, 9.17) is 4.98 Å². The third-order valence-electron chi connectivity index (χ3n) is 7.71. The number of fused-ring (bicyclic) bond motifs is 4. The number of phenols is 1. The maximum atomic E-state index is 10.8. The van der Waals surface area contributed by atoms with Crippen LogP contribution < -0.4 is 0 Å². The predicted octanol–water partition coefficient (Wildman–Crippen LogP) is 8.56. The van der Waals surface area contributed by atoms with Crippen molar-refractivity contribution in [1.29, 1.82) is 0 Å². The lowest BCUT2D eigenvalue weighted by atomic mass is 10.0. The second-order valence-corrected chi connectivity index (χ2v) is 10.1. The van der Waals surface area contributed by atoms with E-state index in [9.17, 15) is 5.11 Å². The van der Waals surface area contributed by atoms with E-state index in [1.165, 1.54) is 10.8 Å². The van der Waals surface area contributed by atoms with Gasteiger partial charge >= 0.3 is 0 Å². The smallest absolute Gasteiger partial charge is 0.149 e. The molecule has 8 rings (SSSR count). The highest BCUT2D eigenvalue weighted by Gasteiger charge is 2.20. The van der Waals surface area contributed by atoms with Gasteiger partial charge in [0.2, 0.25) is 0 Å². The third kappa shape index (κ3) is 3.63. The first-order chi connectivity index (χ1) is 20.3. The fourth-order valence-electron chi connectivity index (χ4n) is 5.88. The summed E-state index contributed by atoms with van der Waals surface area (Å²) in [5.41, 5.74) is 7.79. The Morgan fingerprint density at radius 3 is 2.12 bits per heavy atom. The molecular formula is C36H24N4O. The highest BCUT2D eigenvalue weighted by Crippen LogP contribution is 2.39. The second-order valence-electron chi connectivity index (χ2n) is 10.1. The molecule has 0 radical (unpaired) electrons. The molecule has 8 aromatic rings. The van der Waals surface area contributed by atoms with E-state index in [-0.39, 0.29) is 5.75 Å². The maximum Gasteiger partial charge on any atom is 0.149 e. The fourth-order valence-corrected chi connectivity index (χ4v) is 5.88. The van der Waals surface area contributed by atoms with Gasteiger partial charge in [0.05, 0.1) is 27.6 Å². The Balaban J connectivity index is 1.42. The lowest BCUT2D eigenvalue weighted by molar-refractivity contribution is 0.477. The van der Waals surface area contributed by atoms with E-state index in [2.05, 4.69) is 86.9 Å². The number of phenolic OH excluding ortho intramolecular Hbond substituents is 1. The van der Waals surface area contributed by atoms with Crippen LogP contribution in [-0.4, -0.2) is 24.2 Å².